The normalized spacial score (nSPS) is 11.7. The van der Waals surface area contributed by atoms with Gasteiger partial charge in [-0.1, -0.05) is 38.1 Å². The third kappa shape index (κ3) is 3.09. The van der Waals surface area contributed by atoms with Crippen LogP contribution in [-0.2, 0) is 18.3 Å². The number of aryl methyl sites for hydroxylation is 2. The molecule has 2 aromatic rings. The minimum absolute atomic E-state index is 0.0830. The summed E-state index contributed by atoms with van der Waals surface area (Å²) in [5.74, 6) is 1.68. The van der Waals surface area contributed by atoms with Crippen molar-refractivity contribution < 1.29 is 9.63 Å². The molecule has 0 aliphatic rings. The molecule has 1 aromatic heterocycles. The third-order valence-electron chi connectivity index (χ3n) is 2.70. The lowest BCUT2D eigenvalue weighted by Crippen LogP contribution is -2.13. The number of hydrogen-bond acceptors (Lipinski definition) is 4. The monoisotopic (exact) mass is 246 g/mol. The quantitative estimate of drug-likeness (QED) is 0.904. The SMILES string of the molecule is CC(C)(C)c1noc(CCc2ccc(O)cc2)n1. The molecule has 1 heterocycles. The molecule has 1 aromatic carbocycles. The fourth-order valence-corrected chi connectivity index (χ4v) is 1.57. The van der Waals surface area contributed by atoms with Gasteiger partial charge in [0, 0.05) is 11.8 Å². The van der Waals surface area contributed by atoms with Crippen LogP contribution in [0.15, 0.2) is 28.8 Å². The maximum Gasteiger partial charge on any atom is 0.226 e. The molecule has 0 bridgehead atoms. The molecule has 0 saturated heterocycles. The van der Waals surface area contributed by atoms with E-state index in [2.05, 4.69) is 30.9 Å². The number of phenolic OH excluding ortho intramolecular Hbond substituents is 1. The van der Waals surface area contributed by atoms with E-state index >= 15 is 0 Å². The summed E-state index contributed by atoms with van der Waals surface area (Å²) in [6.07, 6.45) is 1.54. The van der Waals surface area contributed by atoms with Crippen LogP contribution in [0.25, 0.3) is 0 Å². The van der Waals surface area contributed by atoms with Crippen molar-refractivity contribution in [2.75, 3.05) is 0 Å². The topological polar surface area (TPSA) is 59.2 Å². The Labute approximate surface area is 107 Å². The van der Waals surface area contributed by atoms with E-state index in [1.807, 2.05) is 12.1 Å². The zero-order valence-electron chi connectivity index (χ0n) is 11.0. The van der Waals surface area contributed by atoms with E-state index in [0.29, 0.717) is 12.3 Å². The Morgan fingerprint density at radius 2 is 1.78 bits per heavy atom. The summed E-state index contributed by atoms with van der Waals surface area (Å²) in [4.78, 5) is 4.39. The molecule has 0 radical (unpaired) electrons. The first kappa shape index (κ1) is 12.6. The molecule has 0 atom stereocenters. The maximum atomic E-state index is 9.19. The van der Waals surface area contributed by atoms with Gasteiger partial charge in [-0.15, -0.1) is 0 Å². The first-order valence-corrected chi connectivity index (χ1v) is 6.06. The minimum atomic E-state index is -0.0830. The van der Waals surface area contributed by atoms with Gasteiger partial charge in [0.25, 0.3) is 0 Å². The van der Waals surface area contributed by atoms with Gasteiger partial charge in [-0.3, -0.25) is 0 Å². The van der Waals surface area contributed by atoms with Crippen molar-refractivity contribution >= 4 is 0 Å². The van der Waals surface area contributed by atoms with Crippen molar-refractivity contribution in [1.82, 2.24) is 10.1 Å². The highest BCUT2D eigenvalue weighted by atomic mass is 16.5. The van der Waals surface area contributed by atoms with Crippen molar-refractivity contribution in [2.24, 2.45) is 0 Å². The summed E-state index contributed by atoms with van der Waals surface area (Å²) >= 11 is 0. The van der Waals surface area contributed by atoms with Crippen molar-refractivity contribution in [3.63, 3.8) is 0 Å². The molecular weight excluding hydrogens is 228 g/mol. The highest BCUT2D eigenvalue weighted by Crippen LogP contribution is 2.19. The molecule has 0 spiro atoms. The van der Waals surface area contributed by atoms with E-state index in [0.717, 1.165) is 17.8 Å². The predicted molar refractivity (Wildman–Crippen MR) is 68.5 cm³/mol. The highest BCUT2D eigenvalue weighted by Gasteiger charge is 2.20. The predicted octanol–water partition coefficient (Wildman–Crippen LogP) is 2.86. The van der Waals surface area contributed by atoms with Gasteiger partial charge in [-0.25, -0.2) is 0 Å². The van der Waals surface area contributed by atoms with Gasteiger partial charge in [0.05, 0.1) is 0 Å². The Bertz CT molecular complexity index is 509. The molecular formula is C14H18N2O2. The first-order valence-electron chi connectivity index (χ1n) is 6.06. The lowest BCUT2D eigenvalue weighted by molar-refractivity contribution is 0.363. The number of nitrogens with zero attached hydrogens (tertiary/aromatic N) is 2. The summed E-state index contributed by atoms with van der Waals surface area (Å²) in [5, 5.41) is 13.2. The van der Waals surface area contributed by atoms with Crippen molar-refractivity contribution in [1.29, 1.82) is 0 Å². The van der Waals surface area contributed by atoms with E-state index in [4.69, 9.17) is 4.52 Å². The van der Waals surface area contributed by atoms with Crippen LogP contribution in [0.2, 0.25) is 0 Å². The zero-order chi connectivity index (χ0) is 13.2. The van der Waals surface area contributed by atoms with E-state index in [1.54, 1.807) is 12.1 Å². The second-order valence-corrected chi connectivity index (χ2v) is 5.43. The molecule has 0 aliphatic heterocycles. The molecule has 0 unspecified atom stereocenters. The average molecular weight is 246 g/mol. The molecule has 0 saturated carbocycles. The van der Waals surface area contributed by atoms with E-state index < -0.39 is 0 Å². The fourth-order valence-electron chi connectivity index (χ4n) is 1.57. The Morgan fingerprint density at radius 3 is 2.33 bits per heavy atom. The van der Waals surface area contributed by atoms with Crippen LogP contribution < -0.4 is 0 Å². The van der Waals surface area contributed by atoms with E-state index in [1.165, 1.54) is 0 Å². The van der Waals surface area contributed by atoms with Gasteiger partial charge in [-0.2, -0.15) is 4.98 Å². The smallest absolute Gasteiger partial charge is 0.226 e. The van der Waals surface area contributed by atoms with Gasteiger partial charge in [0.15, 0.2) is 5.82 Å². The van der Waals surface area contributed by atoms with Gasteiger partial charge in [0.2, 0.25) is 5.89 Å². The third-order valence-corrected chi connectivity index (χ3v) is 2.70. The Balaban J connectivity index is 1.98. The number of hydrogen-bond donors (Lipinski definition) is 1. The van der Waals surface area contributed by atoms with Crippen molar-refractivity contribution in [2.45, 2.75) is 39.0 Å². The Hall–Kier alpha value is -1.84. The highest BCUT2D eigenvalue weighted by molar-refractivity contribution is 5.26. The molecule has 2 rings (SSSR count). The maximum absolute atomic E-state index is 9.19. The van der Waals surface area contributed by atoms with Crippen LogP contribution in [0.4, 0.5) is 0 Å². The van der Waals surface area contributed by atoms with E-state index in [9.17, 15) is 5.11 Å². The number of rotatable bonds is 3. The molecule has 18 heavy (non-hydrogen) atoms. The van der Waals surface area contributed by atoms with Crippen molar-refractivity contribution in [3.8, 4) is 5.75 Å². The zero-order valence-corrected chi connectivity index (χ0v) is 11.0. The standard InChI is InChI=1S/C14H18N2O2/c1-14(2,3)13-15-12(18-16-13)9-6-10-4-7-11(17)8-5-10/h4-5,7-8,17H,6,9H2,1-3H3. The molecule has 4 nitrogen and oxygen atoms in total. The van der Waals surface area contributed by atoms with Gasteiger partial charge >= 0.3 is 0 Å². The summed E-state index contributed by atoms with van der Waals surface area (Å²) in [6.45, 7) is 6.17. The summed E-state index contributed by atoms with van der Waals surface area (Å²) < 4.78 is 5.23. The molecule has 96 valence electrons. The summed E-state index contributed by atoms with van der Waals surface area (Å²) in [6, 6.07) is 7.17. The fraction of sp³-hybridized carbons (Fsp3) is 0.429. The largest absolute Gasteiger partial charge is 0.508 e. The number of aromatic hydroxyl groups is 1. The second kappa shape index (κ2) is 4.80. The molecule has 0 fully saturated rings. The molecule has 1 N–H and O–H groups in total. The minimum Gasteiger partial charge on any atom is -0.508 e. The lowest BCUT2D eigenvalue weighted by atomic mass is 9.96. The van der Waals surface area contributed by atoms with Gasteiger partial charge in [0.1, 0.15) is 5.75 Å². The number of benzene rings is 1. The Morgan fingerprint density at radius 1 is 1.11 bits per heavy atom. The van der Waals surface area contributed by atoms with Gasteiger partial charge in [-0.05, 0) is 24.1 Å². The van der Waals surface area contributed by atoms with Crippen LogP contribution in [0.3, 0.4) is 0 Å². The average Bonchev–Trinajstić information content (AvgIpc) is 2.77. The summed E-state index contributed by atoms with van der Waals surface area (Å²) in [5.41, 5.74) is 1.06. The van der Waals surface area contributed by atoms with Crippen LogP contribution in [0, 0.1) is 0 Å². The lowest BCUT2D eigenvalue weighted by Gasteiger charge is -2.10. The summed E-state index contributed by atoms with van der Waals surface area (Å²) in [7, 11) is 0. The number of aromatic nitrogens is 2. The van der Waals surface area contributed by atoms with Crippen LogP contribution in [0.1, 0.15) is 38.0 Å². The van der Waals surface area contributed by atoms with Gasteiger partial charge < -0.3 is 9.63 Å². The van der Waals surface area contributed by atoms with Crippen molar-refractivity contribution in [3.05, 3.63) is 41.5 Å². The van der Waals surface area contributed by atoms with Crippen LogP contribution in [0.5, 0.6) is 5.75 Å². The number of phenols is 1. The Kier molecular flexibility index (Phi) is 3.36. The molecule has 0 aliphatic carbocycles. The second-order valence-electron chi connectivity index (χ2n) is 5.43. The first-order chi connectivity index (χ1) is 8.45. The van der Waals surface area contributed by atoms with E-state index in [-0.39, 0.29) is 11.2 Å². The molecule has 4 heteroatoms. The van der Waals surface area contributed by atoms with Crippen LogP contribution >= 0.6 is 0 Å². The van der Waals surface area contributed by atoms with Crippen LogP contribution in [-0.4, -0.2) is 15.2 Å². The molecule has 0 amide bonds.